The van der Waals surface area contributed by atoms with Crippen molar-refractivity contribution in [1.82, 2.24) is 0 Å². The predicted molar refractivity (Wildman–Crippen MR) is 140 cm³/mol. The molecule has 202 valence electrons. The maximum absolute atomic E-state index is 14.5. The maximum atomic E-state index is 14.5. The van der Waals surface area contributed by atoms with Crippen LogP contribution in [-0.4, -0.2) is 52.5 Å². The number of benzene rings is 1. The monoisotopic (exact) mass is 510 g/mol. The molecule has 0 saturated heterocycles. The van der Waals surface area contributed by atoms with Crippen molar-refractivity contribution >= 4 is 17.8 Å². The van der Waals surface area contributed by atoms with Crippen molar-refractivity contribution in [2.75, 3.05) is 6.61 Å². The fourth-order valence-corrected chi connectivity index (χ4v) is 8.62. The molecule has 2 N–H and O–H groups in total. The molecule has 0 spiro atoms. The number of hydrogen-bond acceptors (Lipinski definition) is 6. The average Bonchev–Trinajstić information content (AvgIpc) is 3.33. The van der Waals surface area contributed by atoms with Gasteiger partial charge < -0.3 is 19.7 Å². The first kappa shape index (κ1) is 26.6. The Bertz CT molecular complexity index is 1100. The first-order valence-electron chi connectivity index (χ1n) is 13.8. The lowest BCUT2D eigenvalue weighted by Gasteiger charge is -2.60. The molecule has 1 aromatic rings. The minimum Gasteiger partial charge on any atom is -0.458 e. The molecule has 4 aliphatic carbocycles. The van der Waals surface area contributed by atoms with Gasteiger partial charge in [-0.05, 0) is 67.9 Å². The van der Waals surface area contributed by atoms with Crippen molar-refractivity contribution in [3.8, 4) is 0 Å². The maximum Gasteiger partial charge on any atom is 0.331 e. The third-order valence-electron chi connectivity index (χ3n) is 11.0. The minimum absolute atomic E-state index is 0.0565. The van der Waals surface area contributed by atoms with Gasteiger partial charge in [-0.2, -0.15) is 0 Å². The van der Waals surface area contributed by atoms with Gasteiger partial charge in [0.05, 0.1) is 23.5 Å². The number of carbonyl (C=O) groups excluding carboxylic acids is 2. The van der Waals surface area contributed by atoms with Gasteiger partial charge in [0.15, 0.2) is 5.78 Å². The molecule has 0 aliphatic heterocycles. The first-order chi connectivity index (χ1) is 17.3. The Morgan fingerprint density at radius 2 is 1.81 bits per heavy atom. The summed E-state index contributed by atoms with van der Waals surface area (Å²) in [5.74, 6) is -1.36. The van der Waals surface area contributed by atoms with Crippen LogP contribution in [-0.2, 0) is 19.1 Å². The van der Waals surface area contributed by atoms with Crippen LogP contribution in [0.1, 0.15) is 66.4 Å². The van der Waals surface area contributed by atoms with Crippen molar-refractivity contribution in [3.63, 3.8) is 0 Å². The number of Topliss-reactive ketones (excluding diaryl/α,β-unsaturated/α-hetero) is 1. The highest BCUT2D eigenvalue weighted by atomic mass is 16.5. The number of aliphatic hydroxyl groups is 2. The van der Waals surface area contributed by atoms with E-state index in [1.165, 1.54) is 6.08 Å². The van der Waals surface area contributed by atoms with Crippen LogP contribution in [0.25, 0.3) is 6.08 Å². The summed E-state index contributed by atoms with van der Waals surface area (Å²) in [6.07, 6.45) is 2.57. The van der Waals surface area contributed by atoms with Crippen LogP contribution in [0, 0.1) is 39.9 Å². The third-order valence-corrected chi connectivity index (χ3v) is 11.0. The normalized spacial score (nSPS) is 46.1. The second-order valence-electron chi connectivity index (χ2n) is 13.0. The number of esters is 1. The number of fused-ring (bicyclic) bond motifs is 3. The van der Waals surface area contributed by atoms with E-state index >= 15 is 0 Å². The van der Waals surface area contributed by atoms with Gasteiger partial charge in [0.2, 0.25) is 0 Å². The summed E-state index contributed by atoms with van der Waals surface area (Å²) in [4.78, 5) is 27.4. The number of hydrogen-bond donors (Lipinski definition) is 2. The van der Waals surface area contributed by atoms with Gasteiger partial charge in [-0.25, -0.2) is 4.79 Å². The zero-order valence-corrected chi connectivity index (χ0v) is 22.9. The van der Waals surface area contributed by atoms with Crippen molar-refractivity contribution in [1.29, 1.82) is 0 Å². The summed E-state index contributed by atoms with van der Waals surface area (Å²) < 4.78 is 12.3. The molecule has 5 rings (SSSR count). The summed E-state index contributed by atoms with van der Waals surface area (Å²) in [7, 11) is 0. The van der Waals surface area contributed by atoms with Gasteiger partial charge in [0.1, 0.15) is 11.7 Å². The summed E-state index contributed by atoms with van der Waals surface area (Å²) in [6.45, 7) is 12.6. The summed E-state index contributed by atoms with van der Waals surface area (Å²) in [5.41, 5.74) is -2.74. The van der Waals surface area contributed by atoms with Crippen LogP contribution in [0.4, 0.5) is 0 Å². The van der Waals surface area contributed by atoms with E-state index in [0.29, 0.717) is 18.9 Å². The van der Waals surface area contributed by atoms with E-state index in [1.54, 1.807) is 6.08 Å². The fraction of sp³-hybridized carbons (Fsp3) is 0.677. The number of ether oxygens (including phenoxy) is 2. The minimum atomic E-state index is -1.78. The van der Waals surface area contributed by atoms with Gasteiger partial charge >= 0.3 is 5.97 Å². The van der Waals surface area contributed by atoms with Crippen LogP contribution < -0.4 is 0 Å². The molecule has 1 aromatic carbocycles. The van der Waals surface area contributed by atoms with E-state index in [1.807, 2.05) is 58.0 Å². The second kappa shape index (κ2) is 8.75. The van der Waals surface area contributed by atoms with Crippen LogP contribution in [0.2, 0.25) is 0 Å². The second-order valence-corrected chi connectivity index (χ2v) is 13.0. The molecule has 0 aromatic heterocycles. The van der Waals surface area contributed by atoms with E-state index in [9.17, 15) is 19.8 Å². The Morgan fingerprint density at radius 1 is 1.14 bits per heavy atom. The first-order valence-corrected chi connectivity index (χ1v) is 13.8. The van der Waals surface area contributed by atoms with Crippen LogP contribution in [0.15, 0.2) is 36.4 Å². The molecule has 0 bridgehead atoms. The van der Waals surface area contributed by atoms with Crippen molar-refractivity contribution in [2.24, 2.45) is 39.9 Å². The Hall–Kier alpha value is -2.02. The summed E-state index contributed by atoms with van der Waals surface area (Å²) in [5, 5.41) is 24.1. The molecular formula is C31H42O6. The fourth-order valence-electron chi connectivity index (χ4n) is 8.62. The number of carbonyl (C=O) groups is 2. The largest absolute Gasteiger partial charge is 0.458 e. The molecule has 4 fully saturated rings. The SMILES string of the molecule is CCO[C@@H]1C2C(CC[C@@]3(C)[C@H](O)C4[C@@H](OC(=O)/C=C/c5ccccc5)[C@@H](C)C[C@]4(O)C(=O)[C@@]13C)C2(C)C. The van der Waals surface area contributed by atoms with E-state index in [0.717, 1.165) is 12.0 Å². The average molecular weight is 511 g/mol. The molecule has 0 radical (unpaired) electrons. The lowest BCUT2D eigenvalue weighted by atomic mass is 9.46. The highest BCUT2D eigenvalue weighted by molar-refractivity contribution is 5.96. The standard InChI is InChI=1S/C31H42O6/c1-7-36-26-22-20(28(22,3)4)15-16-29(5)25(33)23-24(18(2)17-31(23,35)27(34)30(26,29)6)37-21(32)14-13-19-11-9-8-10-12-19/h8-14,18,20,22-26,33,35H,7,15-17H2,1-6H3/b14-13+/t18-,20?,22?,23?,24-,25+,26+,29-,30+,31+/m0/s1. The van der Waals surface area contributed by atoms with E-state index in [-0.39, 0.29) is 35.6 Å². The highest BCUT2D eigenvalue weighted by Gasteiger charge is 2.79. The Labute approximate surface area is 220 Å². The molecule has 0 amide bonds. The Morgan fingerprint density at radius 3 is 2.46 bits per heavy atom. The molecule has 3 unspecified atom stereocenters. The highest BCUT2D eigenvalue weighted by Crippen LogP contribution is 2.73. The molecule has 6 nitrogen and oxygen atoms in total. The van der Waals surface area contributed by atoms with Crippen molar-refractivity contribution in [3.05, 3.63) is 42.0 Å². The predicted octanol–water partition coefficient (Wildman–Crippen LogP) is 4.43. The third kappa shape index (κ3) is 3.62. The summed E-state index contributed by atoms with van der Waals surface area (Å²) in [6, 6.07) is 9.45. The van der Waals surface area contributed by atoms with Gasteiger partial charge in [-0.3, -0.25) is 4.79 Å². The van der Waals surface area contributed by atoms with Gasteiger partial charge in [0, 0.05) is 18.1 Å². The smallest absolute Gasteiger partial charge is 0.331 e. The van der Waals surface area contributed by atoms with Gasteiger partial charge in [0.25, 0.3) is 0 Å². The zero-order chi connectivity index (χ0) is 27.0. The molecule has 4 saturated carbocycles. The lowest BCUT2D eigenvalue weighted by molar-refractivity contribution is -0.235. The Balaban J connectivity index is 1.49. The van der Waals surface area contributed by atoms with Crippen LogP contribution >= 0.6 is 0 Å². The van der Waals surface area contributed by atoms with Crippen molar-refractivity contribution < 1.29 is 29.3 Å². The molecule has 6 heteroatoms. The van der Waals surface area contributed by atoms with Crippen LogP contribution in [0.5, 0.6) is 0 Å². The number of ketones is 1. The number of aliphatic hydroxyl groups excluding tert-OH is 1. The topological polar surface area (TPSA) is 93.1 Å². The number of rotatable bonds is 5. The molecule has 37 heavy (non-hydrogen) atoms. The van der Waals surface area contributed by atoms with E-state index in [2.05, 4.69) is 13.8 Å². The molecule has 0 heterocycles. The van der Waals surface area contributed by atoms with Gasteiger partial charge in [-0.1, -0.05) is 58.0 Å². The van der Waals surface area contributed by atoms with Gasteiger partial charge in [-0.15, -0.1) is 0 Å². The Kier molecular flexibility index (Phi) is 6.29. The van der Waals surface area contributed by atoms with E-state index < -0.39 is 40.5 Å². The van der Waals surface area contributed by atoms with E-state index in [4.69, 9.17) is 9.47 Å². The quantitative estimate of drug-likeness (QED) is 0.450. The lowest BCUT2D eigenvalue weighted by Crippen LogP contribution is -2.72. The van der Waals surface area contributed by atoms with Crippen LogP contribution in [0.3, 0.4) is 0 Å². The van der Waals surface area contributed by atoms with Crippen molar-refractivity contribution in [2.45, 2.75) is 84.7 Å². The summed E-state index contributed by atoms with van der Waals surface area (Å²) >= 11 is 0. The zero-order valence-electron chi connectivity index (χ0n) is 22.9. The molecule has 10 atom stereocenters. The molecule has 4 aliphatic rings. The molecular weight excluding hydrogens is 468 g/mol.